The number of ether oxygens (including phenoxy) is 1. The van der Waals surface area contributed by atoms with E-state index in [0.29, 0.717) is 21.5 Å². The van der Waals surface area contributed by atoms with Crippen LogP contribution in [0.25, 0.3) is 17.0 Å². The van der Waals surface area contributed by atoms with Gasteiger partial charge in [-0.15, -0.1) is 0 Å². The molecule has 6 nitrogen and oxygen atoms in total. The number of nitriles is 1. The Balaban J connectivity index is 1.97. The number of benzene rings is 1. The van der Waals surface area contributed by atoms with Crippen LogP contribution in [0.4, 0.5) is 0 Å². The van der Waals surface area contributed by atoms with Crippen LogP contribution in [0.1, 0.15) is 26.7 Å². The van der Waals surface area contributed by atoms with E-state index in [1.165, 1.54) is 31.5 Å². The molecule has 0 saturated carbocycles. The van der Waals surface area contributed by atoms with Crippen molar-refractivity contribution in [3.8, 4) is 6.07 Å². The van der Waals surface area contributed by atoms with Crippen LogP contribution in [0.2, 0.25) is 5.02 Å². The number of ketones is 1. The van der Waals surface area contributed by atoms with Gasteiger partial charge in [0.15, 0.2) is 0 Å². The van der Waals surface area contributed by atoms with Crippen LogP contribution in [-0.2, 0) is 4.74 Å². The van der Waals surface area contributed by atoms with Crippen molar-refractivity contribution in [2.45, 2.75) is 0 Å². The Morgan fingerprint density at radius 1 is 1.32 bits per heavy atom. The number of nitrogens with one attached hydrogen (secondary N) is 1. The van der Waals surface area contributed by atoms with Crippen molar-refractivity contribution in [3.05, 3.63) is 64.2 Å². The van der Waals surface area contributed by atoms with Crippen LogP contribution in [0.5, 0.6) is 0 Å². The lowest BCUT2D eigenvalue weighted by atomic mass is 10.0. The third kappa shape index (κ3) is 3.18. The molecule has 1 N–H and O–H groups in total. The number of nitrogens with zero attached hydrogens (tertiary/aromatic N) is 1. The maximum Gasteiger partial charge on any atom is 0.373 e. The number of esters is 1. The molecule has 3 rings (SSSR count). The number of carbonyl (C=O) groups excluding carboxylic acids is 2. The first-order chi connectivity index (χ1) is 12.0. The van der Waals surface area contributed by atoms with Crippen LogP contribution < -0.4 is 0 Å². The normalized spacial score (nSPS) is 11.3. The summed E-state index contributed by atoms with van der Waals surface area (Å²) in [5.74, 6) is -0.918. The fourth-order valence-corrected chi connectivity index (χ4v) is 2.54. The molecular weight excluding hydrogens is 344 g/mol. The topological polar surface area (TPSA) is 96.1 Å². The average molecular weight is 355 g/mol. The zero-order valence-corrected chi connectivity index (χ0v) is 13.8. The minimum absolute atomic E-state index is 0.0137. The molecule has 0 bridgehead atoms. The lowest BCUT2D eigenvalue weighted by molar-refractivity contribution is 0.0564. The molecule has 2 aromatic heterocycles. The van der Waals surface area contributed by atoms with Crippen molar-refractivity contribution in [3.63, 3.8) is 0 Å². The van der Waals surface area contributed by atoms with E-state index in [-0.39, 0.29) is 17.1 Å². The predicted molar refractivity (Wildman–Crippen MR) is 91.3 cm³/mol. The van der Waals surface area contributed by atoms with Crippen molar-refractivity contribution in [2.24, 2.45) is 0 Å². The summed E-state index contributed by atoms with van der Waals surface area (Å²) in [6.45, 7) is 0. The van der Waals surface area contributed by atoms with E-state index in [2.05, 4.69) is 9.72 Å². The van der Waals surface area contributed by atoms with Crippen LogP contribution in [0, 0.1) is 11.3 Å². The van der Waals surface area contributed by atoms with Crippen molar-refractivity contribution in [2.75, 3.05) is 7.11 Å². The summed E-state index contributed by atoms with van der Waals surface area (Å²) in [7, 11) is 1.23. The molecule has 25 heavy (non-hydrogen) atoms. The Bertz CT molecular complexity index is 1050. The van der Waals surface area contributed by atoms with Gasteiger partial charge in [-0.3, -0.25) is 4.79 Å². The summed E-state index contributed by atoms with van der Waals surface area (Å²) in [6, 6.07) is 9.81. The SMILES string of the molecule is COC(=O)c1ccc(C=C(C#N)C(=O)c2c[nH]c3cc(Cl)ccc23)o1. The van der Waals surface area contributed by atoms with E-state index < -0.39 is 11.8 Å². The molecule has 3 aromatic rings. The van der Waals surface area contributed by atoms with Crippen molar-refractivity contribution in [1.82, 2.24) is 4.98 Å². The third-order valence-corrected chi connectivity index (χ3v) is 3.79. The highest BCUT2D eigenvalue weighted by atomic mass is 35.5. The zero-order valence-electron chi connectivity index (χ0n) is 13.0. The molecule has 0 spiro atoms. The molecule has 0 atom stereocenters. The largest absolute Gasteiger partial charge is 0.463 e. The molecule has 0 aliphatic rings. The molecule has 124 valence electrons. The van der Waals surface area contributed by atoms with Crippen molar-refractivity contribution >= 4 is 40.3 Å². The molecule has 0 fully saturated rings. The molecule has 0 unspecified atom stereocenters. The Morgan fingerprint density at radius 3 is 2.84 bits per heavy atom. The van der Waals surface area contributed by atoms with E-state index >= 15 is 0 Å². The number of carbonyl (C=O) groups is 2. The van der Waals surface area contributed by atoms with Crippen molar-refractivity contribution in [1.29, 1.82) is 5.26 Å². The summed E-state index contributed by atoms with van der Waals surface area (Å²) in [5.41, 5.74) is 0.917. The number of Topliss-reactive ketones (excluding diaryl/α,β-unsaturated/α-hetero) is 1. The first-order valence-electron chi connectivity index (χ1n) is 7.14. The summed E-state index contributed by atoms with van der Waals surface area (Å²) < 4.78 is 9.80. The van der Waals surface area contributed by atoms with Crippen molar-refractivity contribution < 1.29 is 18.7 Å². The second-order valence-electron chi connectivity index (χ2n) is 5.08. The maximum absolute atomic E-state index is 12.7. The molecule has 2 heterocycles. The predicted octanol–water partition coefficient (Wildman–Crippen LogP) is 3.99. The number of furan rings is 1. The van der Waals surface area contributed by atoms with E-state index in [1.54, 1.807) is 18.2 Å². The van der Waals surface area contributed by atoms with E-state index in [1.807, 2.05) is 6.07 Å². The van der Waals surface area contributed by atoms with Gasteiger partial charge in [0.1, 0.15) is 17.4 Å². The second-order valence-corrected chi connectivity index (χ2v) is 5.52. The molecule has 1 aromatic carbocycles. The smallest absolute Gasteiger partial charge is 0.373 e. The molecule has 0 amide bonds. The highest BCUT2D eigenvalue weighted by Crippen LogP contribution is 2.24. The molecule has 7 heteroatoms. The summed E-state index contributed by atoms with van der Waals surface area (Å²) in [4.78, 5) is 27.0. The average Bonchev–Trinajstić information content (AvgIpc) is 3.24. The minimum Gasteiger partial charge on any atom is -0.463 e. The number of aromatic amines is 1. The highest BCUT2D eigenvalue weighted by molar-refractivity contribution is 6.31. The number of H-pyrrole nitrogens is 1. The standard InChI is InChI=1S/C18H11ClN2O4/c1-24-18(23)16-5-3-12(25-16)6-10(8-20)17(22)14-9-21-15-7-11(19)2-4-13(14)15/h2-7,9,21H,1H3. The number of rotatable bonds is 4. The van der Waals surface area contributed by atoms with Gasteiger partial charge in [0.25, 0.3) is 0 Å². The lowest BCUT2D eigenvalue weighted by Gasteiger charge is -1.98. The Labute approximate surface area is 147 Å². The molecule has 0 aliphatic carbocycles. The number of allylic oxidation sites excluding steroid dienone is 1. The maximum atomic E-state index is 12.7. The van der Waals surface area contributed by atoms with Crippen LogP contribution in [-0.4, -0.2) is 23.8 Å². The summed E-state index contributed by atoms with van der Waals surface area (Å²) >= 11 is 5.93. The van der Waals surface area contributed by atoms with E-state index in [4.69, 9.17) is 16.0 Å². The Kier molecular flexibility index (Phi) is 4.42. The number of hydrogen-bond acceptors (Lipinski definition) is 5. The number of fused-ring (bicyclic) bond motifs is 1. The van der Waals surface area contributed by atoms with E-state index in [0.717, 1.165) is 0 Å². The van der Waals surface area contributed by atoms with Gasteiger partial charge in [0, 0.05) is 33.8 Å². The fraction of sp³-hybridized carbons (Fsp3) is 0.0556. The Hall–Kier alpha value is -3.30. The van der Waals surface area contributed by atoms with Crippen LogP contribution in [0.15, 0.2) is 46.5 Å². The fourth-order valence-electron chi connectivity index (χ4n) is 2.36. The van der Waals surface area contributed by atoms with Gasteiger partial charge in [-0.2, -0.15) is 5.26 Å². The van der Waals surface area contributed by atoms with Gasteiger partial charge in [0.2, 0.25) is 11.5 Å². The van der Waals surface area contributed by atoms with Gasteiger partial charge in [-0.05, 0) is 24.3 Å². The highest BCUT2D eigenvalue weighted by Gasteiger charge is 2.18. The first-order valence-corrected chi connectivity index (χ1v) is 7.52. The van der Waals surface area contributed by atoms with Gasteiger partial charge >= 0.3 is 5.97 Å². The number of methoxy groups -OCH3 is 1. The molecule has 0 radical (unpaired) electrons. The lowest BCUT2D eigenvalue weighted by Crippen LogP contribution is -2.01. The van der Waals surface area contributed by atoms with Gasteiger partial charge in [0.05, 0.1) is 7.11 Å². The van der Waals surface area contributed by atoms with Gasteiger partial charge in [-0.1, -0.05) is 17.7 Å². The van der Waals surface area contributed by atoms with Gasteiger partial charge in [-0.25, -0.2) is 4.79 Å². The Morgan fingerprint density at radius 2 is 2.12 bits per heavy atom. The monoisotopic (exact) mass is 354 g/mol. The minimum atomic E-state index is -0.641. The zero-order chi connectivity index (χ0) is 18.0. The number of aromatic nitrogens is 1. The quantitative estimate of drug-likeness (QED) is 0.331. The van der Waals surface area contributed by atoms with Crippen LogP contribution >= 0.6 is 11.6 Å². The van der Waals surface area contributed by atoms with Gasteiger partial charge < -0.3 is 14.1 Å². The summed E-state index contributed by atoms with van der Waals surface area (Å²) in [6.07, 6.45) is 2.81. The van der Waals surface area contributed by atoms with Crippen LogP contribution in [0.3, 0.4) is 0 Å². The summed E-state index contributed by atoms with van der Waals surface area (Å²) in [5, 5.41) is 10.5. The molecule has 0 aliphatic heterocycles. The van der Waals surface area contributed by atoms with E-state index in [9.17, 15) is 14.9 Å². The molecular formula is C18H11ClN2O4. The second kappa shape index (κ2) is 6.67. The third-order valence-electron chi connectivity index (χ3n) is 3.55. The first kappa shape index (κ1) is 16.6. The number of hydrogen-bond donors (Lipinski definition) is 1. The number of halogens is 1. The molecule has 0 saturated heterocycles.